The van der Waals surface area contributed by atoms with E-state index in [1.807, 2.05) is 42.5 Å². The van der Waals surface area contributed by atoms with Gasteiger partial charge in [-0.1, -0.05) is 54.6 Å². The van der Waals surface area contributed by atoms with Crippen LogP contribution in [0.1, 0.15) is 22.8 Å². The van der Waals surface area contributed by atoms with Crippen molar-refractivity contribution in [2.45, 2.75) is 25.1 Å². The van der Waals surface area contributed by atoms with Crippen LogP contribution < -0.4 is 10.6 Å². The average Bonchev–Trinajstić information content (AvgIpc) is 2.59. The zero-order valence-electron chi connectivity index (χ0n) is 12.3. The maximum atomic E-state index is 12.3. The summed E-state index contributed by atoms with van der Waals surface area (Å²) in [5.41, 5.74) is 3.27. The molecule has 114 valence electrons. The Morgan fingerprint density at radius 1 is 1.14 bits per heavy atom. The lowest BCUT2D eigenvalue weighted by molar-refractivity contribution is -0.123. The Morgan fingerprint density at radius 2 is 1.82 bits per heavy atom. The first-order valence-electron chi connectivity index (χ1n) is 7.55. The highest BCUT2D eigenvalue weighted by molar-refractivity contribution is 5.82. The molecule has 1 aliphatic heterocycles. The van der Waals surface area contributed by atoms with Crippen molar-refractivity contribution in [3.8, 4) is 0 Å². The van der Waals surface area contributed by atoms with E-state index in [-0.39, 0.29) is 18.5 Å². The van der Waals surface area contributed by atoms with Gasteiger partial charge in [-0.15, -0.1) is 0 Å². The maximum Gasteiger partial charge on any atom is 0.237 e. The third-order valence-corrected chi connectivity index (χ3v) is 4.05. The van der Waals surface area contributed by atoms with Crippen LogP contribution in [0.15, 0.2) is 54.6 Å². The van der Waals surface area contributed by atoms with Gasteiger partial charge in [0.05, 0.1) is 12.1 Å². The fourth-order valence-electron chi connectivity index (χ4n) is 2.75. The lowest BCUT2D eigenvalue weighted by Crippen LogP contribution is -2.48. The molecule has 2 aromatic rings. The number of fused-ring (bicyclic) bond motifs is 1. The molecule has 0 unspecified atom stereocenters. The van der Waals surface area contributed by atoms with Crippen LogP contribution in [0.25, 0.3) is 0 Å². The van der Waals surface area contributed by atoms with Crippen LogP contribution >= 0.6 is 0 Å². The number of hydrogen-bond acceptors (Lipinski definition) is 3. The zero-order chi connectivity index (χ0) is 15.4. The number of benzene rings is 2. The van der Waals surface area contributed by atoms with E-state index >= 15 is 0 Å². The molecule has 3 rings (SSSR count). The predicted octanol–water partition coefficient (Wildman–Crippen LogP) is 1.55. The van der Waals surface area contributed by atoms with Crippen molar-refractivity contribution in [1.82, 2.24) is 10.6 Å². The van der Waals surface area contributed by atoms with E-state index in [0.29, 0.717) is 13.0 Å². The largest absolute Gasteiger partial charge is 0.387 e. The quantitative estimate of drug-likeness (QED) is 0.802. The van der Waals surface area contributed by atoms with Crippen LogP contribution in [0.4, 0.5) is 0 Å². The molecule has 0 saturated heterocycles. The van der Waals surface area contributed by atoms with Crippen LogP contribution in [0.3, 0.4) is 0 Å². The Hall–Kier alpha value is -2.17. The first-order valence-corrected chi connectivity index (χ1v) is 7.55. The summed E-state index contributed by atoms with van der Waals surface area (Å²) < 4.78 is 0. The van der Waals surface area contributed by atoms with Crippen molar-refractivity contribution in [3.05, 3.63) is 71.3 Å². The summed E-state index contributed by atoms with van der Waals surface area (Å²) in [6, 6.07) is 17.3. The van der Waals surface area contributed by atoms with Gasteiger partial charge in [0.1, 0.15) is 0 Å². The van der Waals surface area contributed by atoms with Crippen LogP contribution in [-0.4, -0.2) is 23.6 Å². The minimum absolute atomic E-state index is 0.0653. The number of carbonyl (C=O) groups is 1. The van der Waals surface area contributed by atoms with Gasteiger partial charge in [-0.2, -0.15) is 0 Å². The summed E-state index contributed by atoms with van der Waals surface area (Å²) in [5.74, 6) is -0.0653. The first-order chi connectivity index (χ1) is 10.7. The first kappa shape index (κ1) is 14.8. The van der Waals surface area contributed by atoms with Crippen molar-refractivity contribution >= 4 is 5.91 Å². The monoisotopic (exact) mass is 296 g/mol. The van der Waals surface area contributed by atoms with E-state index < -0.39 is 6.10 Å². The fourth-order valence-corrected chi connectivity index (χ4v) is 2.75. The van der Waals surface area contributed by atoms with E-state index in [0.717, 1.165) is 5.56 Å². The highest BCUT2D eigenvalue weighted by atomic mass is 16.3. The van der Waals surface area contributed by atoms with Crippen molar-refractivity contribution in [2.75, 3.05) is 6.54 Å². The standard InChI is InChI=1S/C18H20N2O2/c21-17(13-6-2-1-3-7-13)12-20-18(22)16-10-14-8-4-5-9-15(14)11-19-16/h1-9,16-17,19,21H,10-12H2,(H,20,22)/t16-,17+/m0/s1. The maximum absolute atomic E-state index is 12.3. The summed E-state index contributed by atoms with van der Waals surface area (Å²) in [6.07, 6.45) is 0.00436. The lowest BCUT2D eigenvalue weighted by Gasteiger charge is -2.25. The van der Waals surface area contributed by atoms with Gasteiger partial charge in [0.15, 0.2) is 0 Å². The Bertz CT molecular complexity index is 643. The van der Waals surface area contributed by atoms with Crippen molar-refractivity contribution in [3.63, 3.8) is 0 Å². The minimum Gasteiger partial charge on any atom is -0.387 e. The normalized spacial score (nSPS) is 18.3. The van der Waals surface area contributed by atoms with Crippen LogP contribution in [0.5, 0.6) is 0 Å². The number of aliphatic hydroxyl groups excluding tert-OH is 1. The molecule has 0 bridgehead atoms. The van der Waals surface area contributed by atoms with Crippen LogP contribution in [0.2, 0.25) is 0 Å². The van der Waals surface area contributed by atoms with E-state index in [2.05, 4.69) is 22.8 Å². The smallest absolute Gasteiger partial charge is 0.237 e. The molecular formula is C18H20N2O2. The molecule has 2 aromatic carbocycles. The molecule has 4 nitrogen and oxygen atoms in total. The van der Waals surface area contributed by atoms with Crippen molar-refractivity contribution in [1.29, 1.82) is 0 Å². The van der Waals surface area contributed by atoms with Gasteiger partial charge in [0, 0.05) is 13.1 Å². The van der Waals surface area contributed by atoms with Gasteiger partial charge < -0.3 is 15.7 Å². The molecule has 0 radical (unpaired) electrons. The molecule has 0 aromatic heterocycles. The molecule has 0 fully saturated rings. The number of amides is 1. The summed E-state index contributed by atoms with van der Waals surface area (Å²) in [7, 11) is 0. The molecule has 3 N–H and O–H groups in total. The third-order valence-electron chi connectivity index (χ3n) is 4.05. The summed E-state index contributed by atoms with van der Waals surface area (Å²) >= 11 is 0. The van der Waals surface area contributed by atoms with E-state index in [4.69, 9.17) is 0 Å². The Kier molecular flexibility index (Phi) is 4.51. The van der Waals surface area contributed by atoms with Gasteiger partial charge in [-0.3, -0.25) is 4.79 Å². The van der Waals surface area contributed by atoms with Crippen LogP contribution in [-0.2, 0) is 17.8 Å². The molecule has 0 saturated carbocycles. The second kappa shape index (κ2) is 6.73. The number of carbonyl (C=O) groups excluding carboxylic acids is 1. The van der Waals surface area contributed by atoms with Gasteiger partial charge in [-0.25, -0.2) is 0 Å². The average molecular weight is 296 g/mol. The minimum atomic E-state index is -0.680. The molecule has 1 amide bonds. The lowest BCUT2D eigenvalue weighted by atomic mass is 9.95. The predicted molar refractivity (Wildman–Crippen MR) is 85.2 cm³/mol. The molecule has 0 aliphatic carbocycles. The Morgan fingerprint density at radius 3 is 2.59 bits per heavy atom. The zero-order valence-corrected chi connectivity index (χ0v) is 12.3. The van der Waals surface area contributed by atoms with Crippen LogP contribution in [0, 0.1) is 0 Å². The second-order valence-corrected chi connectivity index (χ2v) is 5.58. The van der Waals surface area contributed by atoms with E-state index in [9.17, 15) is 9.90 Å². The Balaban J connectivity index is 1.55. The van der Waals surface area contributed by atoms with Gasteiger partial charge in [-0.05, 0) is 23.1 Å². The van der Waals surface area contributed by atoms with E-state index in [1.54, 1.807) is 0 Å². The molecule has 0 spiro atoms. The van der Waals surface area contributed by atoms with Crippen molar-refractivity contribution < 1.29 is 9.90 Å². The number of aliphatic hydroxyl groups is 1. The Labute approximate surface area is 130 Å². The molecule has 1 aliphatic rings. The van der Waals surface area contributed by atoms with Crippen molar-refractivity contribution in [2.24, 2.45) is 0 Å². The van der Waals surface area contributed by atoms with Gasteiger partial charge in [0.25, 0.3) is 0 Å². The topological polar surface area (TPSA) is 61.4 Å². The van der Waals surface area contributed by atoms with Gasteiger partial charge >= 0.3 is 0 Å². The summed E-state index contributed by atoms with van der Waals surface area (Å²) in [4.78, 5) is 12.3. The third kappa shape index (κ3) is 3.35. The number of rotatable bonds is 4. The molecular weight excluding hydrogens is 276 g/mol. The fraction of sp³-hybridized carbons (Fsp3) is 0.278. The highest BCUT2D eigenvalue weighted by Crippen LogP contribution is 2.16. The number of hydrogen-bond donors (Lipinski definition) is 3. The van der Waals surface area contributed by atoms with E-state index in [1.165, 1.54) is 11.1 Å². The summed E-state index contributed by atoms with van der Waals surface area (Å²) in [6.45, 7) is 0.929. The molecule has 22 heavy (non-hydrogen) atoms. The number of nitrogens with one attached hydrogen (secondary N) is 2. The summed E-state index contributed by atoms with van der Waals surface area (Å²) in [5, 5.41) is 16.2. The molecule has 2 atom stereocenters. The highest BCUT2D eigenvalue weighted by Gasteiger charge is 2.24. The second-order valence-electron chi connectivity index (χ2n) is 5.58. The van der Waals surface area contributed by atoms with Gasteiger partial charge in [0.2, 0.25) is 5.91 Å². The molecule has 4 heteroatoms. The molecule has 1 heterocycles. The SMILES string of the molecule is O=C(NC[C@@H](O)c1ccccc1)[C@@H]1Cc2ccccc2CN1.